The second-order valence-corrected chi connectivity index (χ2v) is 20.3. The Morgan fingerprint density at radius 3 is 1.57 bits per heavy atom. The number of hydrogen-bond donors (Lipinski definition) is 0. The summed E-state index contributed by atoms with van der Waals surface area (Å²) in [6, 6.07) is 25.8. The predicted molar refractivity (Wildman–Crippen MR) is 276 cm³/mol. The number of esters is 7. The molecule has 4 aromatic rings. The molecule has 2 atom stereocenters. The third kappa shape index (κ3) is 15.9. The highest BCUT2D eigenvalue weighted by Gasteiger charge is 2.36. The topological polar surface area (TPSA) is 226 Å². The maximum atomic E-state index is 13.8. The van der Waals surface area contributed by atoms with Crippen LogP contribution in [0.25, 0.3) is 0 Å². The van der Waals surface area contributed by atoms with E-state index in [1.165, 1.54) is 0 Å². The molecule has 2 aliphatic carbocycles. The highest BCUT2D eigenvalue weighted by molar-refractivity contribution is 8.19. The van der Waals surface area contributed by atoms with E-state index in [0.29, 0.717) is 92.1 Å². The number of carbonyl (C=O) groups excluding carboxylic acids is 7. The van der Waals surface area contributed by atoms with Gasteiger partial charge in [0.25, 0.3) is 0 Å². The zero-order valence-corrected chi connectivity index (χ0v) is 43.0. The fraction of sp³-hybridized carbons (Fsp3) is 0.333. The van der Waals surface area contributed by atoms with Gasteiger partial charge in [-0.2, -0.15) is 5.26 Å². The van der Waals surface area contributed by atoms with Crippen LogP contribution in [0.5, 0.6) is 28.7 Å². The summed E-state index contributed by atoms with van der Waals surface area (Å²) in [7, 11) is 0. The van der Waals surface area contributed by atoms with Crippen molar-refractivity contribution < 1.29 is 76.2 Å². The first-order valence-electron chi connectivity index (χ1n) is 24.5. The Hall–Kier alpha value is -7.82. The molecule has 0 bridgehead atoms. The van der Waals surface area contributed by atoms with Crippen LogP contribution in [-0.2, 0) is 58.9 Å². The van der Waals surface area contributed by atoms with Gasteiger partial charge in [0.15, 0.2) is 6.10 Å². The molecule has 2 fully saturated rings. The van der Waals surface area contributed by atoms with Crippen molar-refractivity contribution in [1.29, 1.82) is 5.26 Å². The Bertz CT molecular complexity index is 2810. The van der Waals surface area contributed by atoms with Gasteiger partial charge in [-0.15, -0.1) is 23.5 Å². The summed E-state index contributed by atoms with van der Waals surface area (Å²) in [4.78, 5) is 89.4. The van der Waals surface area contributed by atoms with Crippen molar-refractivity contribution in [2.45, 2.75) is 78.3 Å². The zero-order chi connectivity index (χ0) is 54.0. The van der Waals surface area contributed by atoms with Gasteiger partial charge >= 0.3 is 41.8 Å². The summed E-state index contributed by atoms with van der Waals surface area (Å²) < 4.78 is 49.1. The van der Waals surface area contributed by atoms with Gasteiger partial charge in [-0.25, -0.2) is 14.4 Å². The highest BCUT2D eigenvalue weighted by Crippen LogP contribution is 2.60. The van der Waals surface area contributed by atoms with Gasteiger partial charge in [-0.1, -0.05) is 37.9 Å². The second kappa shape index (κ2) is 27.6. The fourth-order valence-electron chi connectivity index (χ4n) is 8.47. The SMILES string of the molecule is C=CC(=O)OCOc1ccc(OC(=O)C2CCC(C(=O)OCCc3ccc(OC(=O)C4CCC(C(=O)Oc5ccc(OCC(COC(=O)C=C)OC(=O)C=C)cc5)CC4)c4c3SC(c3ccc(C#N)cc3)S4)CC2)cc1. The summed E-state index contributed by atoms with van der Waals surface area (Å²) in [5, 5.41) is 9.39. The van der Waals surface area contributed by atoms with E-state index in [2.05, 4.69) is 25.8 Å². The summed E-state index contributed by atoms with van der Waals surface area (Å²) in [5.74, 6) is -3.30. The van der Waals surface area contributed by atoms with Crippen molar-refractivity contribution >= 4 is 65.3 Å². The molecular weight excluding hydrogens is 1020 g/mol. The maximum Gasteiger partial charge on any atom is 0.333 e. The second-order valence-electron chi connectivity index (χ2n) is 17.7. The van der Waals surface area contributed by atoms with Crippen LogP contribution >= 0.6 is 23.5 Å². The average Bonchev–Trinajstić information content (AvgIpc) is 3.91. The van der Waals surface area contributed by atoms with Crippen LogP contribution in [-0.4, -0.2) is 74.5 Å². The number of nitrogens with zero attached hydrogens (tertiary/aromatic N) is 1. The molecule has 4 aromatic carbocycles. The quantitative estimate of drug-likeness (QED) is 0.0221. The smallest absolute Gasteiger partial charge is 0.333 e. The minimum atomic E-state index is -0.915. The van der Waals surface area contributed by atoms with E-state index in [9.17, 15) is 38.8 Å². The number of fused-ring (bicyclic) bond motifs is 1. The number of hydrogen-bond acceptors (Lipinski definition) is 19. The molecule has 2 unspecified atom stereocenters. The number of benzene rings is 4. The van der Waals surface area contributed by atoms with Gasteiger partial charge < -0.3 is 42.6 Å². The highest BCUT2D eigenvalue weighted by atomic mass is 32.2. The minimum absolute atomic E-state index is 0.105. The molecule has 1 heterocycles. The Labute approximate surface area is 447 Å². The monoisotopic (exact) mass is 1070 g/mol. The summed E-state index contributed by atoms with van der Waals surface area (Å²) in [6.07, 6.45) is 6.06. The summed E-state index contributed by atoms with van der Waals surface area (Å²) >= 11 is 3.14. The molecular formula is C57H55NO16S2. The van der Waals surface area contributed by atoms with E-state index in [1.54, 1.807) is 90.3 Å². The van der Waals surface area contributed by atoms with Crippen molar-refractivity contribution in [3.8, 4) is 34.8 Å². The van der Waals surface area contributed by atoms with Crippen molar-refractivity contribution in [1.82, 2.24) is 0 Å². The first-order valence-corrected chi connectivity index (χ1v) is 26.3. The molecule has 3 aliphatic rings. The number of rotatable bonds is 23. The molecule has 0 amide bonds. The lowest BCUT2D eigenvalue weighted by atomic mass is 9.82. The molecule has 0 N–H and O–H groups in total. The third-order valence-corrected chi connectivity index (χ3v) is 15.7. The van der Waals surface area contributed by atoms with E-state index in [4.69, 9.17) is 42.6 Å². The fourth-order valence-corrected chi connectivity index (χ4v) is 11.5. The first-order chi connectivity index (χ1) is 36.8. The molecule has 17 nitrogen and oxygen atoms in total. The maximum absolute atomic E-state index is 13.8. The standard InChI is InChI=1S/C57H55NO16S2/c1-4-48(59)68-33-46(71-50(61)6-3)32-67-42-20-24-44(25-21-42)72-55(64)39-15-17-40(18-16-39)56(65)74-47-28-19-36(51-52(47)76-57(75-51)41-9-7-35(31-58)8-10-41)29-30-66-53(62)37-11-13-38(14-12-37)54(63)73-45-26-22-43(23-27-45)69-34-70-49(60)5-2/h4-10,19-28,37-40,46,57H,1-3,11-18,29-30,32-34H2. The third-order valence-electron chi connectivity index (χ3n) is 12.7. The molecule has 0 saturated heterocycles. The van der Waals surface area contributed by atoms with Crippen LogP contribution in [0.1, 0.15) is 72.6 Å². The molecule has 76 heavy (non-hydrogen) atoms. The number of thioether (sulfide) groups is 2. The van der Waals surface area contributed by atoms with Crippen LogP contribution in [0.2, 0.25) is 0 Å². The first kappa shape index (κ1) is 55.9. The van der Waals surface area contributed by atoms with Crippen LogP contribution < -0.4 is 23.7 Å². The normalized spacial score (nSPS) is 18.9. The average molecular weight is 1070 g/mol. The van der Waals surface area contributed by atoms with Crippen molar-refractivity contribution in [3.63, 3.8) is 0 Å². The molecule has 2 saturated carbocycles. The lowest BCUT2D eigenvalue weighted by Gasteiger charge is -2.26. The van der Waals surface area contributed by atoms with Gasteiger partial charge in [0, 0.05) is 29.5 Å². The van der Waals surface area contributed by atoms with E-state index < -0.39 is 47.8 Å². The van der Waals surface area contributed by atoms with Gasteiger partial charge in [0.2, 0.25) is 6.79 Å². The van der Waals surface area contributed by atoms with Gasteiger partial charge in [-0.3, -0.25) is 19.2 Å². The Morgan fingerprint density at radius 2 is 1.03 bits per heavy atom. The molecule has 7 rings (SSSR count). The van der Waals surface area contributed by atoms with Gasteiger partial charge in [0.05, 0.1) is 51.4 Å². The molecule has 1 aliphatic heterocycles. The molecule has 396 valence electrons. The predicted octanol–water partition coefficient (Wildman–Crippen LogP) is 9.54. The largest absolute Gasteiger partial charge is 0.490 e. The zero-order valence-electron chi connectivity index (χ0n) is 41.4. The lowest BCUT2D eigenvalue weighted by Crippen LogP contribution is -2.30. The Balaban J connectivity index is 0.880. The van der Waals surface area contributed by atoms with Crippen LogP contribution in [0.4, 0.5) is 0 Å². The molecule has 0 radical (unpaired) electrons. The Kier molecular flexibility index (Phi) is 20.3. The van der Waals surface area contributed by atoms with Gasteiger partial charge in [0.1, 0.15) is 42.0 Å². The summed E-state index contributed by atoms with van der Waals surface area (Å²) in [5.41, 5.74) is 2.43. The molecule has 19 heteroatoms. The van der Waals surface area contributed by atoms with E-state index in [0.717, 1.165) is 39.1 Å². The lowest BCUT2D eigenvalue weighted by molar-refractivity contribution is -0.154. The van der Waals surface area contributed by atoms with Crippen LogP contribution in [0, 0.1) is 35.0 Å². The minimum Gasteiger partial charge on any atom is -0.490 e. The van der Waals surface area contributed by atoms with E-state index in [-0.39, 0.29) is 55.0 Å². The number of nitriles is 1. The van der Waals surface area contributed by atoms with Crippen LogP contribution in [0.3, 0.4) is 0 Å². The van der Waals surface area contributed by atoms with E-state index in [1.807, 2.05) is 18.2 Å². The summed E-state index contributed by atoms with van der Waals surface area (Å²) in [6.45, 7) is 9.47. The van der Waals surface area contributed by atoms with Crippen LogP contribution in [0.15, 0.2) is 133 Å². The molecule has 0 aromatic heterocycles. The number of carbonyl (C=O) groups is 7. The van der Waals surface area contributed by atoms with E-state index >= 15 is 0 Å². The van der Waals surface area contributed by atoms with Crippen molar-refractivity contribution in [2.24, 2.45) is 23.7 Å². The number of ether oxygens (including phenoxy) is 9. The Morgan fingerprint density at radius 1 is 0.539 bits per heavy atom. The van der Waals surface area contributed by atoms with Crippen molar-refractivity contribution in [2.75, 3.05) is 26.6 Å². The molecule has 0 spiro atoms. The van der Waals surface area contributed by atoms with Gasteiger partial charge in [-0.05, 0) is 129 Å². The van der Waals surface area contributed by atoms with Crippen molar-refractivity contribution in [3.05, 3.63) is 140 Å².